The van der Waals surface area contributed by atoms with Crippen molar-refractivity contribution >= 4 is 17.7 Å². The Morgan fingerprint density at radius 3 is 2.22 bits per heavy atom. The van der Waals surface area contributed by atoms with Gasteiger partial charge in [0.1, 0.15) is 5.75 Å². The summed E-state index contributed by atoms with van der Waals surface area (Å²) in [7, 11) is 3.62. The molecule has 9 nitrogen and oxygen atoms in total. The Kier molecular flexibility index (Phi) is 9.66. The molecular formula is C27H39N5O4. The molecule has 196 valence electrons. The molecule has 0 radical (unpaired) electrons. The third-order valence-corrected chi connectivity index (χ3v) is 6.85. The number of rotatable bonds is 8. The van der Waals surface area contributed by atoms with Crippen molar-refractivity contribution in [3.8, 4) is 5.75 Å². The molecular weight excluding hydrogens is 458 g/mol. The standard InChI is InChI=1S/C16H27N5O.C11H12O3/c1-12-10-15(11-13(2)19-12)20-16(22)18-6-9-21-7-4-14(17-3)5-8-21;1-14-9-4-2-8(3-5-9)11(6-7-11)10(12)13/h10-11,14,17H,4-9H2,1-3H3,(H2,18,19,20,22);2-5H,6-7H2,1H3,(H,12,13). The summed E-state index contributed by atoms with van der Waals surface area (Å²) in [6, 6.07) is 11.5. The van der Waals surface area contributed by atoms with Crippen LogP contribution in [0.25, 0.3) is 0 Å². The van der Waals surface area contributed by atoms with Crippen LogP contribution in [-0.4, -0.2) is 73.4 Å². The van der Waals surface area contributed by atoms with Crippen LogP contribution >= 0.6 is 0 Å². The monoisotopic (exact) mass is 497 g/mol. The Hall–Kier alpha value is -3.17. The van der Waals surface area contributed by atoms with Gasteiger partial charge in [0.2, 0.25) is 0 Å². The quantitative estimate of drug-likeness (QED) is 0.442. The predicted molar refractivity (Wildman–Crippen MR) is 141 cm³/mol. The van der Waals surface area contributed by atoms with Gasteiger partial charge in [0.15, 0.2) is 0 Å². The topological polar surface area (TPSA) is 116 Å². The smallest absolute Gasteiger partial charge is 0.319 e. The Bertz CT molecular complexity index is 995. The zero-order chi connectivity index (χ0) is 26.1. The van der Waals surface area contributed by atoms with Crippen molar-refractivity contribution in [2.45, 2.75) is 51.0 Å². The number of aryl methyl sites for hydroxylation is 2. The summed E-state index contributed by atoms with van der Waals surface area (Å²) in [5, 5.41) is 18.1. The average Bonchev–Trinajstić information content (AvgIpc) is 3.67. The molecule has 1 aromatic carbocycles. The van der Waals surface area contributed by atoms with Gasteiger partial charge >= 0.3 is 12.0 Å². The molecule has 0 spiro atoms. The molecule has 0 atom stereocenters. The number of aromatic nitrogens is 1. The fourth-order valence-corrected chi connectivity index (χ4v) is 4.52. The van der Waals surface area contributed by atoms with Crippen molar-refractivity contribution in [2.75, 3.05) is 45.7 Å². The number of carbonyl (C=O) groups is 2. The maximum Gasteiger partial charge on any atom is 0.319 e. The molecule has 4 N–H and O–H groups in total. The lowest BCUT2D eigenvalue weighted by atomic mass is 9.96. The number of ether oxygens (including phenoxy) is 1. The molecule has 1 aliphatic heterocycles. The number of benzene rings is 1. The number of pyridine rings is 1. The first-order valence-electron chi connectivity index (χ1n) is 12.5. The van der Waals surface area contributed by atoms with Crippen LogP contribution < -0.4 is 20.7 Å². The van der Waals surface area contributed by atoms with Gasteiger partial charge in [-0.15, -0.1) is 0 Å². The van der Waals surface area contributed by atoms with E-state index in [2.05, 4.69) is 25.8 Å². The van der Waals surface area contributed by atoms with Crippen molar-refractivity contribution in [2.24, 2.45) is 0 Å². The van der Waals surface area contributed by atoms with E-state index in [1.54, 1.807) is 19.2 Å². The number of hydrogen-bond acceptors (Lipinski definition) is 6. The number of amides is 2. The number of anilines is 1. The molecule has 1 saturated heterocycles. The second-order valence-corrected chi connectivity index (χ2v) is 9.54. The summed E-state index contributed by atoms with van der Waals surface area (Å²) in [5.41, 5.74) is 2.88. The second-order valence-electron chi connectivity index (χ2n) is 9.54. The summed E-state index contributed by atoms with van der Waals surface area (Å²) >= 11 is 0. The summed E-state index contributed by atoms with van der Waals surface area (Å²) < 4.78 is 5.02. The third-order valence-electron chi connectivity index (χ3n) is 6.85. The fraction of sp³-hybridized carbons (Fsp3) is 0.519. The van der Waals surface area contributed by atoms with Crippen molar-refractivity contribution in [3.05, 3.63) is 53.3 Å². The number of likely N-dealkylation sites (tertiary alicyclic amines) is 1. The van der Waals surface area contributed by atoms with Crippen molar-refractivity contribution in [1.82, 2.24) is 20.5 Å². The highest BCUT2D eigenvalue weighted by atomic mass is 16.5. The minimum absolute atomic E-state index is 0.157. The lowest BCUT2D eigenvalue weighted by Crippen LogP contribution is -2.44. The molecule has 2 aromatic rings. The SMILES string of the molecule is CNC1CCN(CCNC(=O)Nc2cc(C)nc(C)c2)CC1.COc1ccc(C2(C(=O)O)CC2)cc1. The Morgan fingerprint density at radius 1 is 1.11 bits per heavy atom. The van der Waals surface area contributed by atoms with Gasteiger partial charge in [-0.3, -0.25) is 9.78 Å². The third kappa shape index (κ3) is 7.66. The molecule has 2 amide bonds. The molecule has 2 aliphatic rings. The highest BCUT2D eigenvalue weighted by Gasteiger charge is 2.51. The van der Waals surface area contributed by atoms with E-state index in [9.17, 15) is 9.59 Å². The van der Waals surface area contributed by atoms with Crippen LogP contribution in [0.1, 0.15) is 42.6 Å². The van der Waals surface area contributed by atoms with Crippen LogP contribution in [0.15, 0.2) is 36.4 Å². The van der Waals surface area contributed by atoms with Gasteiger partial charge < -0.3 is 30.7 Å². The first-order chi connectivity index (χ1) is 17.3. The Balaban J connectivity index is 0.000000221. The number of hydrogen-bond donors (Lipinski definition) is 4. The minimum Gasteiger partial charge on any atom is -0.497 e. The number of nitrogens with zero attached hydrogens (tertiary/aromatic N) is 2. The number of carbonyl (C=O) groups excluding carboxylic acids is 1. The molecule has 1 aliphatic carbocycles. The van der Waals surface area contributed by atoms with Crippen molar-refractivity contribution < 1.29 is 19.4 Å². The summed E-state index contributed by atoms with van der Waals surface area (Å²) in [5.74, 6) is 0.0394. The van der Waals surface area contributed by atoms with Gasteiger partial charge in [-0.05, 0) is 89.5 Å². The second kappa shape index (κ2) is 12.7. The maximum absolute atomic E-state index is 11.9. The summed E-state index contributed by atoms with van der Waals surface area (Å²) in [4.78, 5) is 29.6. The van der Waals surface area contributed by atoms with Gasteiger partial charge in [-0.25, -0.2) is 4.79 Å². The molecule has 1 saturated carbocycles. The molecule has 2 heterocycles. The van der Waals surface area contributed by atoms with Crippen LogP contribution in [0.2, 0.25) is 0 Å². The first kappa shape index (κ1) is 27.4. The van der Waals surface area contributed by atoms with E-state index in [1.165, 1.54) is 12.8 Å². The lowest BCUT2D eigenvalue weighted by molar-refractivity contribution is -0.140. The zero-order valence-electron chi connectivity index (χ0n) is 21.8. The van der Waals surface area contributed by atoms with Gasteiger partial charge in [-0.1, -0.05) is 12.1 Å². The van der Waals surface area contributed by atoms with E-state index in [0.29, 0.717) is 12.6 Å². The molecule has 4 rings (SSSR count). The van der Waals surface area contributed by atoms with Gasteiger partial charge in [0.05, 0.1) is 12.5 Å². The number of carboxylic acid groups (broad SMARTS) is 1. The highest BCUT2D eigenvalue weighted by Crippen LogP contribution is 2.48. The molecule has 9 heteroatoms. The van der Waals surface area contributed by atoms with E-state index in [4.69, 9.17) is 9.84 Å². The van der Waals surface area contributed by atoms with E-state index in [0.717, 1.165) is 60.9 Å². The Labute approximate surface area is 213 Å². The maximum atomic E-state index is 11.9. The molecule has 1 aromatic heterocycles. The minimum atomic E-state index is -0.720. The van der Waals surface area contributed by atoms with Crippen molar-refractivity contribution in [3.63, 3.8) is 0 Å². The Morgan fingerprint density at radius 2 is 1.72 bits per heavy atom. The molecule has 0 unspecified atom stereocenters. The van der Waals surface area contributed by atoms with Crippen LogP contribution in [0, 0.1) is 13.8 Å². The normalized spacial score (nSPS) is 16.9. The molecule has 2 fully saturated rings. The van der Waals surface area contributed by atoms with E-state index in [-0.39, 0.29) is 6.03 Å². The number of methoxy groups -OCH3 is 1. The molecule has 0 bridgehead atoms. The number of nitrogens with one attached hydrogen (secondary N) is 3. The average molecular weight is 498 g/mol. The van der Waals surface area contributed by atoms with Crippen LogP contribution in [0.5, 0.6) is 5.75 Å². The summed E-state index contributed by atoms with van der Waals surface area (Å²) in [6.45, 7) is 7.60. The first-order valence-corrected chi connectivity index (χ1v) is 12.5. The van der Waals surface area contributed by atoms with Crippen molar-refractivity contribution in [1.29, 1.82) is 0 Å². The fourth-order valence-electron chi connectivity index (χ4n) is 4.52. The van der Waals surface area contributed by atoms with E-state index in [1.807, 2.05) is 45.2 Å². The van der Waals surface area contributed by atoms with Crippen LogP contribution in [0.3, 0.4) is 0 Å². The lowest BCUT2D eigenvalue weighted by Gasteiger charge is -2.31. The van der Waals surface area contributed by atoms with Gasteiger partial charge in [-0.2, -0.15) is 0 Å². The van der Waals surface area contributed by atoms with E-state index < -0.39 is 11.4 Å². The molecule has 36 heavy (non-hydrogen) atoms. The van der Waals surface area contributed by atoms with Crippen LogP contribution in [0.4, 0.5) is 10.5 Å². The number of aliphatic carboxylic acids is 1. The van der Waals surface area contributed by atoms with Crippen LogP contribution in [-0.2, 0) is 10.2 Å². The van der Waals surface area contributed by atoms with Gasteiger partial charge in [0, 0.05) is 36.2 Å². The van der Waals surface area contributed by atoms with Gasteiger partial charge in [0.25, 0.3) is 0 Å². The highest BCUT2D eigenvalue weighted by molar-refractivity contribution is 5.89. The zero-order valence-corrected chi connectivity index (χ0v) is 21.8. The number of piperidine rings is 1. The van der Waals surface area contributed by atoms with E-state index >= 15 is 0 Å². The largest absolute Gasteiger partial charge is 0.497 e. The number of carboxylic acids is 1. The predicted octanol–water partition coefficient (Wildman–Crippen LogP) is 3.32. The number of urea groups is 1. The summed E-state index contributed by atoms with van der Waals surface area (Å²) in [6.07, 6.45) is 3.85.